The van der Waals surface area contributed by atoms with Crippen LogP contribution in [-0.2, 0) is 0 Å². The molecule has 2 rings (SSSR count). The minimum absolute atomic E-state index is 0.144. The average Bonchev–Trinajstić information content (AvgIpc) is 2.85. The Balaban J connectivity index is 1.80. The van der Waals surface area contributed by atoms with Crippen LogP contribution in [0, 0.1) is 11.3 Å². The lowest BCUT2D eigenvalue weighted by atomic mass is 10.1. The van der Waals surface area contributed by atoms with E-state index in [0.29, 0.717) is 0 Å². The van der Waals surface area contributed by atoms with E-state index < -0.39 is 0 Å². The molecular formula is C13H23N3. The van der Waals surface area contributed by atoms with Crippen molar-refractivity contribution in [3.63, 3.8) is 0 Å². The van der Waals surface area contributed by atoms with E-state index in [1.807, 2.05) is 0 Å². The molecule has 2 aliphatic rings. The highest BCUT2D eigenvalue weighted by atomic mass is 15.3. The SMILES string of the molecule is CCC(C#N)N1CCN(C2CCCC2)CC1. The van der Waals surface area contributed by atoms with Crippen molar-refractivity contribution in [2.75, 3.05) is 26.2 Å². The highest BCUT2D eigenvalue weighted by Crippen LogP contribution is 2.24. The largest absolute Gasteiger partial charge is 0.298 e. The molecule has 0 bridgehead atoms. The second-order valence-electron chi connectivity index (χ2n) is 5.06. The van der Waals surface area contributed by atoms with Crippen LogP contribution in [0.3, 0.4) is 0 Å². The molecule has 0 spiro atoms. The molecule has 0 amide bonds. The molecular weight excluding hydrogens is 198 g/mol. The van der Waals surface area contributed by atoms with Gasteiger partial charge in [-0.1, -0.05) is 19.8 Å². The second kappa shape index (κ2) is 5.65. The fourth-order valence-electron chi connectivity index (χ4n) is 3.11. The van der Waals surface area contributed by atoms with Gasteiger partial charge in [0.1, 0.15) is 0 Å². The van der Waals surface area contributed by atoms with Gasteiger partial charge in [0.2, 0.25) is 0 Å². The minimum atomic E-state index is 0.144. The molecule has 0 aromatic rings. The van der Waals surface area contributed by atoms with Gasteiger partial charge >= 0.3 is 0 Å². The van der Waals surface area contributed by atoms with Gasteiger partial charge in [-0.15, -0.1) is 0 Å². The molecule has 1 saturated carbocycles. The van der Waals surface area contributed by atoms with E-state index in [0.717, 1.165) is 25.6 Å². The third-order valence-electron chi connectivity index (χ3n) is 4.17. The molecule has 1 aliphatic carbocycles. The summed E-state index contributed by atoms with van der Waals surface area (Å²) in [6.45, 7) is 6.62. The fourth-order valence-corrected chi connectivity index (χ4v) is 3.11. The number of nitriles is 1. The molecule has 0 aromatic carbocycles. The van der Waals surface area contributed by atoms with Gasteiger partial charge in [0.15, 0.2) is 0 Å². The van der Waals surface area contributed by atoms with Gasteiger partial charge in [0, 0.05) is 32.2 Å². The zero-order valence-electron chi connectivity index (χ0n) is 10.4. The topological polar surface area (TPSA) is 30.3 Å². The van der Waals surface area contributed by atoms with Crippen LogP contribution in [0.2, 0.25) is 0 Å². The van der Waals surface area contributed by atoms with E-state index in [-0.39, 0.29) is 6.04 Å². The van der Waals surface area contributed by atoms with Crippen molar-refractivity contribution >= 4 is 0 Å². The maximum atomic E-state index is 9.05. The van der Waals surface area contributed by atoms with Crippen LogP contribution in [0.25, 0.3) is 0 Å². The third-order valence-corrected chi connectivity index (χ3v) is 4.17. The monoisotopic (exact) mass is 221 g/mol. The predicted octanol–water partition coefficient (Wildman–Crippen LogP) is 1.85. The molecule has 1 aliphatic heterocycles. The normalized spacial score (nSPS) is 26.8. The standard InChI is InChI=1S/C13H23N3/c1-2-12(11-14)15-7-9-16(10-8-15)13-5-3-4-6-13/h12-13H,2-10H2,1H3. The van der Waals surface area contributed by atoms with Crippen molar-refractivity contribution in [1.29, 1.82) is 5.26 Å². The van der Waals surface area contributed by atoms with Crippen LogP contribution in [0.5, 0.6) is 0 Å². The van der Waals surface area contributed by atoms with E-state index in [2.05, 4.69) is 22.8 Å². The first-order chi connectivity index (χ1) is 7.85. The van der Waals surface area contributed by atoms with Crippen LogP contribution in [0.1, 0.15) is 39.0 Å². The van der Waals surface area contributed by atoms with E-state index in [9.17, 15) is 0 Å². The molecule has 1 atom stereocenters. The first-order valence-corrected chi connectivity index (χ1v) is 6.73. The molecule has 2 fully saturated rings. The Hall–Kier alpha value is -0.590. The quantitative estimate of drug-likeness (QED) is 0.728. The Bertz CT molecular complexity index is 244. The van der Waals surface area contributed by atoms with Crippen LogP contribution in [-0.4, -0.2) is 48.1 Å². The zero-order valence-corrected chi connectivity index (χ0v) is 10.4. The predicted molar refractivity (Wildman–Crippen MR) is 65.1 cm³/mol. The summed E-state index contributed by atoms with van der Waals surface area (Å²) in [5, 5.41) is 9.05. The van der Waals surface area contributed by atoms with Gasteiger partial charge in [-0.2, -0.15) is 5.26 Å². The highest BCUT2D eigenvalue weighted by Gasteiger charge is 2.28. The molecule has 3 heteroatoms. The molecule has 1 saturated heterocycles. The summed E-state index contributed by atoms with van der Waals surface area (Å²) in [5.74, 6) is 0. The Labute approximate surface area is 99.0 Å². The van der Waals surface area contributed by atoms with Gasteiger partial charge in [-0.25, -0.2) is 0 Å². The molecule has 90 valence electrons. The zero-order chi connectivity index (χ0) is 11.4. The van der Waals surface area contributed by atoms with E-state index in [4.69, 9.17) is 5.26 Å². The first-order valence-electron chi connectivity index (χ1n) is 6.73. The smallest absolute Gasteiger partial charge is 0.0976 e. The van der Waals surface area contributed by atoms with Crippen LogP contribution >= 0.6 is 0 Å². The first kappa shape index (κ1) is 11.9. The molecule has 1 heterocycles. The molecule has 0 aromatic heterocycles. The summed E-state index contributed by atoms with van der Waals surface area (Å²) in [7, 11) is 0. The number of hydrogen-bond donors (Lipinski definition) is 0. The van der Waals surface area contributed by atoms with Gasteiger partial charge in [-0.05, 0) is 19.3 Å². The van der Waals surface area contributed by atoms with Crippen molar-refractivity contribution in [2.24, 2.45) is 0 Å². The van der Waals surface area contributed by atoms with E-state index in [1.54, 1.807) is 0 Å². The van der Waals surface area contributed by atoms with Crippen molar-refractivity contribution in [2.45, 2.75) is 51.1 Å². The number of nitrogens with zero attached hydrogens (tertiary/aromatic N) is 3. The summed E-state index contributed by atoms with van der Waals surface area (Å²) in [4.78, 5) is 5.00. The molecule has 0 radical (unpaired) electrons. The lowest BCUT2D eigenvalue weighted by Crippen LogP contribution is -2.52. The summed E-state index contributed by atoms with van der Waals surface area (Å²) >= 11 is 0. The molecule has 3 nitrogen and oxygen atoms in total. The fraction of sp³-hybridized carbons (Fsp3) is 0.923. The number of rotatable bonds is 3. The Morgan fingerprint density at radius 3 is 2.31 bits per heavy atom. The minimum Gasteiger partial charge on any atom is -0.298 e. The van der Waals surface area contributed by atoms with Crippen LogP contribution in [0.4, 0.5) is 0 Å². The molecule has 16 heavy (non-hydrogen) atoms. The molecule has 1 unspecified atom stereocenters. The van der Waals surface area contributed by atoms with Crippen molar-refractivity contribution < 1.29 is 0 Å². The molecule has 0 N–H and O–H groups in total. The van der Waals surface area contributed by atoms with Crippen molar-refractivity contribution in [1.82, 2.24) is 9.80 Å². The maximum Gasteiger partial charge on any atom is 0.0976 e. The number of hydrogen-bond acceptors (Lipinski definition) is 3. The number of piperazine rings is 1. The van der Waals surface area contributed by atoms with Crippen molar-refractivity contribution in [3.8, 4) is 6.07 Å². The van der Waals surface area contributed by atoms with Gasteiger partial charge in [0.25, 0.3) is 0 Å². The summed E-state index contributed by atoms with van der Waals surface area (Å²) in [6, 6.07) is 3.41. The summed E-state index contributed by atoms with van der Waals surface area (Å²) < 4.78 is 0. The Morgan fingerprint density at radius 1 is 1.19 bits per heavy atom. The lowest BCUT2D eigenvalue weighted by Gasteiger charge is -2.39. The Morgan fingerprint density at radius 2 is 1.81 bits per heavy atom. The maximum absolute atomic E-state index is 9.05. The van der Waals surface area contributed by atoms with E-state index in [1.165, 1.54) is 38.8 Å². The van der Waals surface area contributed by atoms with Gasteiger partial charge in [-0.3, -0.25) is 9.80 Å². The highest BCUT2D eigenvalue weighted by molar-refractivity contribution is 4.93. The summed E-state index contributed by atoms with van der Waals surface area (Å²) in [6.07, 6.45) is 6.59. The van der Waals surface area contributed by atoms with Crippen LogP contribution in [0.15, 0.2) is 0 Å². The Kier molecular flexibility index (Phi) is 4.20. The lowest BCUT2D eigenvalue weighted by molar-refractivity contribution is 0.0831. The summed E-state index contributed by atoms with van der Waals surface area (Å²) in [5.41, 5.74) is 0. The second-order valence-corrected chi connectivity index (χ2v) is 5.06. The van der Waals surface area contributed by atoms with Gasteiger partial charge in [0.05, 0.1) is 12.1 Å². The van der Waals surface area contributed by atoms with Crippen molar-refractivity contribution in [3.05, 3.63) is 0 Å². The van der Waals surface area contributed by atoms with E-state index >= 15 is 0 Å². The average molecular weight is 221 g/mol. The third kappa shape index (κ3) is 2.56. The van der Waals surface area contributed by atoms with Crippen LogP contribution < -0.4 is 0 Å². The van der Waals surface area contributed by atoms with Gasteiger partial charge < -0.3 is 0 Å².